The Balaban J connectivity index is 2.36. The van der Waals surface area contributed by atoms with Crippen LogP contribution in [0.3, 0.4) is 0 Å². The highest BCUT2D eigenvalue weighted by Crippen LogP contribution is 2.22. The summed E-state index contributed by atoms with van der Waals surface area (Å²) in [6.07, 6.45) is -4.60. The Kier molecular flexibility index (Phi) is 4.73. The molecule has 1 aromatic carbocycles. The first kappa shape index (κ1) is 20.2. The Hall–Kier alpha value is -3.57. The minimum atomic E-state index is -4.68. The van der Waals surface area contributed by atoms with Crippen LogP contribution in [-0.2, 0) is 20.0 Å². The molecule has 0 fully saturated rings. The van der Waals surface area contributed by atoms with Gasteiger partial charge in [0, 0.05) is 12.7 Å². The van der Waals surface area contributed by atoms with Gasteiger partial charge in [-0.1, -0.05) is 6.92 Å². The van der Waals surface area contributed by atoms with Crippen molar-refractivity contribution in [1.29, 1.82) is 0 Å². The molecule has 154 valence electrons. The van der Waals surface area contributed by atoms with E-state index in [0.29, 0.717) is 9.13 Å². The molecule has 0 saturated carbocycles. The molecule has 3 rings (SSSR count). The normalized spacial score (nSPS) is 11.9. The first-order chi connectivity index (χ1) is 13.5. The fourth-order valence-electron chi connectivity index (χ4n) is 3.17. The number of aromatic amines is 1. The number of aryl methyl sites for hydroxylation is 2. The summed E-state index contributed by atoms with van der Waals surface area (Å²) in [6, 6.07) is 3.59. The van der Waals surface area contributed by atoms with Crippen molar-refractivity contribution in [2.45, 2.75) is 26.1 Å². The molecule has 3 aromatic rings. The van der Waals surface area contributed by atoms with Crippen LogP contribution in [-0.4, -0.2) is 35.9 Å². The summed E-state index contributed by atoms with van der Waals surface area (Å²) in [7, 11) is 1.29. The highest BCUT2D eigenvalue weighted by Gasteiger charge is 2.30. The van der Waals surface area contributed by atoms with Crippen molar-refractivity contribution in [3.8, 4) is 5.69 Å². The fourth-order valence-corrected chi connectivity index (χ4v) is 3.17. The van der Waals surface area contributed by atoms with Crippen molar-refractivity contribution in [2.75, 3.05) is 0 Å². The van der Waals surface area contributed by atoms with Gasteiger partial charge in [0.25, 0.3) is 5.56 Å². The van der Waals surface area contributed by atoms with Gasteiger partial charge in [0.1, 0.15) is 12.1 Å². The molecule has 0 saturated heterocycles. The van der Waals surface area contributed by atoms with Crippen LogP contribution in [0.15, 0.2) is 32.6 Å². The number of aromatic carboxylic acids is 1. The van der Waals surface area contributed by atoms with Crippen LogP contribution >= 0.6 is 0 Å². The van der Waals surface area contributed by atoms with Crippen LogP contribution in [0.5, 0.6) is 0 Å². The lowest BCUT2D eigenvalue weighted by Gasteiger charge is -2.10. The van der Waals surface area contributed by atoms with Gasteiger partial charge in [-0.05, 0) is 24.6 Å². The predicted molar refractivity (Wildman–Crippen MR) is 95.8 cm³/mol. The average Bonchev–Trinajstić information content (AvgIpc) is 2.84. The summed E-state index contributed by atoms with van der Waals surface area (Å²) < 4.78 is 40.7. The predicted octanol–water partition coefficient (Wildman–Crippen LogP) is 1.00. The number of benzene rings is 1. The highest BCUT2D eigenvalue weighted by molar-refractivity contribution is 5.88. The molecule has 0 aliphatic heterocycles. The number of imidazole rings is 1. The van der Waals surface area contributed by atoms with Gasteiger partial charge >= 0.3 is 23.5 Å². The third-order valence-corrected chi connectivity index (χ3v) is 4.47. The summed E-state index contributed by atoms with van der Waals surface area (Å²) in [5.74, 6) is -1.55. The maximum absolute atomic E-state index is 12.9. The summed E-state index contributed by atoms with van der Waals surface area (Å²) in [6.45, 7) is -0.0135. The van der Waals surface area contributed by atoms with Gasteiger partial charge in [0.15, 0.2) is 0 Å². The van der Waals surface area contributed by atoms with Crippen LogP contribution < -0.4 is 16.9 Å². The van der Waals surface area contributed by atoms with Gasteiger partial charge in [-0.15, -0.1) is 0 Å². The molecule has 0 unspecified atom stereocenters. The molecule has 0 spiro atoms. The van der Waals surface area contributed by atoms with E-state index in [1.165, 1.54) is 19.2 Å². The molecule has 0 atom stereocenters. The van der Waals surface area contributed by atoms with E-state index in [-0.39, 0.29) is 28.8 Å². The van der Waals surface area contributed by atoms with Crippen LogP contribution in [0.1, 0.15) is 23.0 Å². The number of nitrogens with zero attached hydrogens (tertiary/aromatic N) is 3. The molecule has 2 aromatic heterocycles. The molecule has 29 heavy (non-hydrogen) atoms. The van der Waals surface area contributed by atoms with Crippen LogP contribution in [0.25, 0.3) is 16.7 Å². The Morgan fingerprint density at radius 1 is 1.17 bits per heavy atom. The van der Waals surface area contributed by atoms with Crippen molar-refractivity contribution >= 4 is 17.0 Å². The molecule has 9 nitrogen and oxygen atoms in total. The average molecular weight is 412 g/mol. The van der Waals surface area contributed by atoms with E-state index in [0.717, 1.165) is 10.6 Å². The van der Waals surface area contributed by atoms with E-state index in [1.54, 1.807) is 6.92 Å². The zero-order chi connectivity index (χ0) is 21.7. The number of carboxylic acids is 1. The Labute approximate surface area is 159 Å². The second-order valence-electron chi connectivity index (χ2n) is 6.30. The summed E-state index contributed by atoms with van der Waals surface area (Å²) >= 11 is 0. The van der Waals surface area contributed by atoms with E-state index in [9.17, 15) is 37.5 Å². The lowest BCUT2D eigenvalue weighted by atomic mass is 10.2. The zero-order valence-corrected chi connectivity index (χ0v) is 15.2. The molecular weight excluding hydrogens is 397 g/mol. The molecule has 0 bridgehead atoms. The van der Waals surface area contributed by atoms with Gasteiger partial charge in [0.2, 0.25) is 0 Å². The number of carbonyl (C=O) groups is 1. The van der Waals surface area contributed by atoms with Crippen LogP contribution in [0, 0.1) is 0 Å². The van der Waals surface area contributed by atoms with Crippen molar-refractivity contribution in [3.05, 3.63) is 60.8 Å². The fraction of sp³-hybridized carbons (Fsp3) is 0.294. The number of hydrogen-bond acceptors (Lipinski definition) is 4. The summed E-state index contributed by atoms with van der Waals surface area (Å²) in [4.78, 5) is 51.0. The number of hydrogen-bond donors (Lipinski definition) is 2. The summed E-state index contributed by atoms with van der Waals surface area (Å²) in [5, 5.41) is 9.31. The van der Waals surface area contributed by atoms with Crippen molar-refractivity contribution in [2.24, 2.45) is 7.05 Å². The van der Waals surface area contributed by atoms with Crippen molar-refractivity contribution in [1.82, 2.24) is 18.7 Å². The number of halogens is 3. The lowest BCUT2D eigenvalue weighted by Crippen LogP contribution is -2.39. The smallest absolute Gasteiger partial charge is 0.406 e. The van der Waals surface area contributed by atoms with Gasteiger partial charge in [-0.2, -0.15) is 13.2 Å². The minimum Gasteiger partial charge on any atom is -0.477 e. The molecule has 2 heterocycles. The highest BCUT2D eigenvalue weighted by atomic mass is 19.4. The molecule has 0 radical (unpaired) electrons. The number of aromatic nitrogens is 4. The standard InChI is InChI=1S/C17H15F3N4O5/c1-3-9-12(14(26)27)13(25)24(15(28)21-9)8-4-5-10-11(6-8)23(7-17(18,19)20)16(29)22(10)2/h4-6H,3,7H2,1-2H3,(H,21,28)(H,26,27). The number of alkyl halides is 3. The lowest BCUT2D eigenvalue weighted by molar-refractivity contribution is -0.140. The number of H-pyrrole nitrogens is 1. The Morgan fingerprint density at radius 2 is 1.83 bits per heavy atom. The van der Waals surface area contributed by atoms with Gasteiger partial charge in [-0.25, -0.2) is 19.0 Å². The maximum Gasteiger partial charge on any atom is 0.406 e. The molecule has 0 aliphatic carbocycles. The molecule has 0 aliphatic rings. The Bertz CT molecular complexity index is 1310. The van der Waals surface area contributed by atoms with E-state index >= 15 is 0 Å². The maximum atomic E-state index is 12.9. The first-order valence-electron chi connectivity index (χ1n) is 8.34. The number of fused-ring (bicyclic) bond motifs is 1. The van der Waals surface area contributed by atoms with Crippen molar-refractivity contribution in [3.63, 3.8) is 0 Å². The van der Waals surface area contributed by atoms with Gasteiger partial charge in [-0.3, -0.25) is 13.9 Å². The minimum absolute atomic E-state index is 0.0708. The molecule has 2 N–H and O–H groups in total. The van der Waals surface area contributed by atoms with E-state index < -0.39 is 41.2 Å². The number of carboxylic acid groups (broad SMARTS) is 1. The molecule has 12 heteroatoms. The van der Waals surface area contributed by atoms with Crippen molar-refractivity contribution < 1.29 is 23.1 Å². The number of nitrogens with one attached hydrogen (secondary N) is 1. The monoisotopic (exact) mass is 412 g/mol. The second-order valence-corrected chi connectivity index (χ2v) is 6.30. The molecular formula is C17H15F3N4O5. The van der Waals surface area contributed by atoms with Crippen LogP contribution in [0.2, 0.25) is 0 Å². The summed E-state index contributed by atoms with van der Waals surface area (Å²) in [5.41, 5.74) is -3.90. The zero-order valence-electron chi connectivity index (χ0n) is 15.2. The number of rotatable bonds is 4. The third-order valence-electron chi connectivity index (χ3n) is 4.47. The Morgan fingerprint density at radius 3 is 2.38 bits per heavy atom. The SMILES string of the molecule is CCc1[nH]c(=O)n(-c2ccc3c(c2)n(CC(F)(F)F)c(=O)n3C)c(=O)c1C(=O)O. The van der Waals surface area contributed by atoms with E-state index in [4.69, 9.17) is 0 Å². The third kappa shape index (κ3) is 3.37. The van der Waals surface area contributed by atoms with Gasteiger partial charge in [0.05, 0.1) is 16.7 Å². The molecule has 0 amide bonds. The van der Waals surface area contributed by atoms with Crippen LogP contribution in [0.4, 0.5) is 13.2 Å². The first-order valence-corrected chi connectivity index (χ1v) is 8.34. The topological polar surface area (TPSA) is 119 Å². The largest absolute Gasteiger partial charge is 0.477 e. The van der Waals surface area contributed by atoms with E-state index in [1.807, 2.05) is 0 Å². The second kappa shape index (κ2) is 6.79. The van der Waals surface area contributed by atoms with E-state index in [2.05, 4.69) is 4.98 Å². The quantitative estimate of drug-likeness (QED) is 0.663. The van der Waals surface area contributed by atoms with Gasteiger partial charge < -0.3 is 10.1 Å².